The second-order valence-electron chi connectivity index (χ2n) is 3.04. The normalized spacial score (nSPS) is 10.5. The van der Waals surface area contributed by atoms with Crippen LogP contribution in [-0.2, 0) is 0 Å². The zero-order chi connectivity index (χ0) is 10.1. The van der Waals surface area contributed by atoms with Gasteiger partial charge in [0.1, 0.15) is 5.76 Å². The molecule has 0 atom stereocenters. The van der Waals surface area contributed by atoms with Gasteiger partial charge in [-0.05, 0) is 26.0 Å². The average molecular weight is 192 g/mol. The van der Waals surface area contributed by atoms with E-state index in [0.29, 0.717) is 11.5 Å². The van der Waals surface area contributed by atoms with Crippen molar-refractivity contribution in [1.82, 2.24) is 10.1 Å². The van der Waals surface area contributed by atoms with Gasteiger partial charge in [-0.3, -0.25) is 0 Å². The molecule has 0 N–H and O–H groups in total. The molecule has 0 aliphatic heterocycles. The summed E-state index contributed by atoms with van der Waals surface area (Å²) in [6.07, 6.45) is 0. The van der Waals surface area contributed by atoms with Crippen molar-refractivity contribution in [1.29, 1.82) is 0 Å². The molecule has 0 fully saturated rings. The van der Waals surface area contributed by atoms with Crippen LogP contribution in [0, 0.1) is 19.8 Å². The second kappa shape index (κ2) is 3.21. The number of halogens is 1. The lowest BCUT2D eigenvalue weighted by atomic mass is 10.1. The summed E-state index contributed by atoms with van der Waals surface area (Å²) in [5.41, 5.74) is 2.05. The number of aromatic nitrogens is 2. The van der Waals surface area contributed by atoms with Gasteiger partial charge in [0.15, 0.2) is 0 Å². The van der Waals surface area contributed by atoms with E-state index in [1.807, 2.05) is 0 Å². The molecule has 0 amide bonds. The first-order valence-corrected chi connectivity index (χ1v) is 4.24. The van der Waals surface area contributed by atoms with E-state index in [1.165, 1.54) is 6.07 Å². The highest BCUT2D eigenvalue weighted by atomic mass is 19.1. The monoisotopic (exact) mass is 192 g/mol. The topological polar surface area (TPSA) is 38.9 Å². The van der Waals surface area contributed by atoms with Crippen molar-refractivity contribution in [2.45, 2.75) is 13.8 Å². The summed E-state index contributed by atoms with van der Waals surface area (Å²) in [7, 11) is 0. The van der Waals surface area contributed by atoms with Crippen LogP contribution in [-0.4, -0.2) is 10.1 Å². The second-order valence-corrected chi connectivity index (χ2v) is 3.04. The molecule has 0 radical (unpaired) electrons. The highest BCUT2D eigenvalue weighted by Gasteiger charge is 2.12. The lowest BCUT2D eigenvalue weighted by Gasteiger charge is -1.98. The minimum absolute atomic E-state index is 0.498. The van der Waals surface area contributed by atoms with E-state index >= 15 is 0 Å². The van der Waals surface area contributed by atoms with Crippen LogP contribution in [0.25, 0.3) is 11.3 Å². The van der Waals surface area contributed by atoms with E-state index in [-0.39, 0.29) is 0 Å². The molecule has 0 aliphatic carbocycles. The molecule has 0 unspecified atom stereocenters. The van der Waals surface area contributed by atoms with Crippen LogP contribution >= 0.6 is 0 Å². The third kappa shape index (κ3) is 1.39. The number of pyridine rings is 1. The SMILES string of the molecule is Cc1noc(C)c1-c1cccc(F)n1. The molecule has 0 aliphatic rings. The van der Waals surface area contributed by atoms with Gasteiger partial charge in [-0.2, -0.15) is 4.39 Å². The smallest absolute Gasteiger partial charge is 0.213 e. The van der Waals surface area contributed by atoms with Crippen LogP contribution < -0.4 is 0 Å². The molecule has 0 bridgehead atoms. The van der Waals surface area contributed by atoms with Crippen molar-refractivity contribution >= 4 is 0 Å². The summed E-state index contributed by atoms with van der Waals surface area (Å²) < 4.78 is 17.8. The van der Waals surface area contributed by atoms with Gasteiger partial charge in [0, 0.05) is 0 Å². The van der Waals surface area contributed by atoms with Crippen LogP contribution in [0.2, 0.25) is 0 Å². The van der Waals surface area contributed by atoms with Crippen LogP contribution in [0.15, 0.2) is 22.7 Å². The Labute approximate surface area is 80.6 Å². The van der Waals surface area contributed by atoms with Gasteiger partial charge in [0.2, 0.25) is 5.95 Å². The molecule has 2 aromatic rings. The van der Waals surface area contributed by atoms with Crippen LogP contribution in [0.3, 0.4) is 0 Å². The molecule has 2 rings (SSSR count). The Morgan fingerprint density at radius 2 is 2.07 bits per heavy atom. The molecule has 0 saturated heterocycles. The Morgan fingerprint density at radius 1 is 1.29 bits per heavy atom. The fraction of sp³-hybridized carbons (Fsp3) is 0.200. The van der Waals surface area contributed by atoms with Gasteiger partial charge in [0.05, 0.1) is 17.0 Å². The third-order valence-electron chi connectivity index (χ3n) is 2.00. The van der Waals surface area contributed by atoms with Crippen LogP contribution in [0.4, 0.5) is 4.39 Å². The summed E-state index contributed by atoms with van der Waals surface area (Å²) in [5.74, 6) is 0.156. The Morgan fingerprint density at radius 3 is 2.64 bits per heavy atom. The van der Waals surface area contributed by atoms with Crippen LogP contribution in [0.5, 0.6) is 0 Å². The minimum atomic E-state index is -0.498. The first kappa shape index (κ1) is 8.87. The van der Waals surface area contributed by atoms with Crippen LogP contribution in [0.1, 0.15) is 11.5 Å². The van der Waals surface area contributed by atoms with Gasteiger partial charge in [-0.15, -0.1) is 0 Å². The Hall–Kier alpha value is -1.71. The Bertz CT molecular complexity index is 445. The van der Waals surface area contributed by atoms with Gasteiger partial charge in [0.25, 0.3) is 0 Å². The predicted molar refractivity (Wildman–Crippen MR) is 49.2 cm³/mol. The van der Waals surface area contributed by atoms with Crippen molar-refractivity contribution in [3.8, 4) is 11.3 Å². The Balaban J connectivity index is 2.59. The average Bonchev–Trinajstić information content (AvgIpc) is 2.46. The lowest BCUT2D eigenvalue weighted by molar-refractivity contribution is 0.393. The molecule has 72 valence electrons. The van der Waals surface area contributed by atoms with Gasteiger partial charge in [-0.1, -0.05) is 11.2 Å². The molecule has 2 heterocycles. The number of rotatable bonds is 1. The van der Waals surface area contributed by atoms with E-state index in [0.717, 1.165) is 11.3 Å². The van der Waals surface area contributed by atoms with Gasteiger partial charge < -0.3 is 4.52 Å². The van der Waals surface area contributed by atoms with Gasteiger partial charge >= 0.3 is 0 Å². The molecule has 3 nitrogen and oxygen atoms in total. The molecular formula is C10H9FN2O. The molecule has 4 heteroatoms. The summed E-state index contributed by atoms with van der Waals surface area (Å²) in [6.45, 7) is 3.58. The maximum atomic E-state index is 12.9. The van der Waals surface area contributed by atoms with Crippen molar-refractivity contribution in [2.75, 3.05) is 0 Å². The number of hydrogen-bond donors (Lipinski definition) is 0. The highest BCUT2D eigenvalue weighted by molar-refractivity contribution is 5.63. The summed E-state index contributed by atoms with van der Waals surface area (Å²) >= 11 is 0. The number of nitrogens with zero attached hydrogens (tertiary/aromatic N) is 2. The van der Waals surface area contributed by atoms with E-state index in [9.17, 15) is 4.39 Å². The van der Waals surface area contributed by atoms with Gasteiger partial charge in [-0.25, -0.2) is 4.98 Å². The molecule has 2 aromatic heterocycles. The highest BCUT2D eigenvalue weighted by Crippen LogP contribution is 2.24. The largest absolute Gasteiger partial charge is 0.361 e. The van der Waals surface area contributed by atoms with Crippen molar-refractivity contribution in [3.05, 3.63) is 35.6 Å². The summed E-state index contributed by atoms with van der Waals surface area (Å²) in [6, 6.07) is 4.65. The lowest BCUT2D eigenvalue weighted by Crippen LogP contribution is -1.88. The van der Waals surface area contributed by atoms with E-state index in [2.05, 4.69) is 10.1 Å². The maximum Gasteiger partial charge on any atom is 0.213 e. The van der Waals surface area contributed by atoms with Crippen molar-refractivity contribution in [2.24, 2.45) is 0 Å². The fourth-order valence-corrected chi connectivity index (χ4v) is 1.40. The summed E-state index contributed by atoms with van der Waals surface area (Å²) in [5, 5.41) is 3.78. The molecule has 0 aromatic carbocycles. The number of hydrogen-bond acceptors (Lipinski definition) is 3. The van der Waals surface area contributed by atoms with E-state index in [4.69, 9.17) is 4.52 Å². The zero-order valence-corrected chi connectivity index (χ0v) is 7.91. The number of aryl methyl sites for hydroxylation is 2. The fourth-order valence-electron chi connectivity index (χ4n) is 1.40. The van der Waals surface area contributed by atoms with Crippen molar-refractivity contribution < 1.29 is 8.91 Å². The zero-order valence-electron chi connectivity index (χ0n) is 7.91. The minimum Gasteiger partial charge on any atom is -0.361 e. The molecular weight excluding hydrogens is 183 g/mol. The maximum absolute atomic E-state index is 12.9. The third-order valence-corrected chi connectivity index (χ3v) is 2.00. The first-order chi connectivity index (χ1) is 6.68. The quantitative estimate of drug-likeness (QED) is 0.651. The first-order valence-electron chi connectivity index (χ1n) is 4.24. The Kier molecular flexibility index (Phi) is 2.04. The van der Waals surface area contributed by atoms with E-state index < -0.39 is 5.95 Å². The van der Waals surface area contributed by atoms with Crippen molar-refractivity contribution in [3.63, 3.8) is 0 Å². The predicted octanol–water partition coefficient (Wildman–Crippen LogP) is 2.49. The van der Waals surface area contributed by atoms with E-state index in [1.54, 1.807) is 26.0 Å². The molecule has 0 saturated carbocycles. The standard InChI is InChI=1S/C10H9FN2O/c1-6-10(7(2)14-13-6)8-4-3-5-9(11)12-8/h3-5H,1-2H3. The summed E-state index contributed by atoms with van der Waals surface area (Å²) in [4.78, 5) is 3.77. The molecule has 14 heavy (non-hydrogen) atoms. The molecule has 0 spiro atoms.